The van der Waals surface area contributed by atoms with Gasteiger partial charge in [-0.05, 0) is 81.3 Å². The lowest BCUT2D eigenvalue weighted by Gasteiger charge is -2.44. The Bertz CT molecular complexity index is 1430. The molecule has 0 radical (unpaired) electrons. The highest BCUT2D eigenvalue weighted by Crippen LogP contribution is 2.50. The van der Waals surface area contributed by atoms with E-state index in [2.05, 4.69) is 14.9 Å². The third-order valence-electron chi connectivity index (χ3n) is 8.33. The van der Waals surface area contributed by atoms with Crippen molar-refractivity contribution in [1.29, 1.82) is 0 Å². The number of hydrogen-bond donors (Lipinski definition) is 1. The number of carbonyl (C=O) groups excluding carboxylic acids is 2. The van der Waals surface area contributed by atoms with Crippen molar-refractivity contribution in [2.45, 2.75) is 103 Å². The van der Waals surface area contributed by atoms with Crippen molar-refractivity contribution in [3.05, 3.63) is 17.2 Å². The van der Waals surface area contributed by atoms with Crippen LogP contribution in [0.4, 0.5) is 25.4 Å². The number of ether oxygens (including phenoxy) is 3. The zero-order chi connectivity index (χ0) is 31.6. The maximum atomic E-state index is 15.5. The number of fused-ring (bicyclic) bond motifs is 2. The average molecular weight is 621 g/mol. The van der Waals surface area contributed by atoms with Crippen LogP contribution in [0.2, 0.25) is 5.15 Å². The lowest BCUT2D eigenvalue weighted by molar-refractivity contribution is 0.0216. The number of rotatable bonds is 5. The Hall–Kier alpha value is -3.12. The first-order valence-electron chi connectivity index (χ1n) is 14.8. The van der Waals surface area contributed by atoms with Gasteiger partial charge in [0, 0.05) is 30.1 Å². The molecule has 4 aliphatic rings. The SMILES string of the molecule is C[C@H](Oc1nc2c(F)c(Cl)ncc2c(N(C(=O)OC(C)(C)C)[C@H]2[C@@H]3C[C@H]2N(C(=O)OC(C)(C)C)C3)c1N)[C@@H]1CCCN1C. The summed E-state index contributed by atoms with van der Waals surface area (Å²) in [7, 11) is 2.03. The van der Waals surface area contributed by atoms with Gasteiger partial charge < -0.3 is 24.8 Å². The van der Waals surface area contributed by atoms with Crippen LogP contribution < -0.4 is 15.4 Å². The summed E-state index contributed by atoms with van der Waals surface area (Å²) in [6.45, 7) is 13.9. The molecule has 3 saturated heterocycles. The molecule has 1 saturated carbocycles. The van der Waals surface area contributed by atoms with Gasteiger partial charge in [-0.2, -0.15) is 0 Å². The number of pyridine rings is 2. The average Bonchev–Trinajstić information content (AvgIpc) is 3.59. The van der Waals surface area contributed by atoms with Crippen LogP contribution >= 0.6 is 11.6 Å². The third kappa shape index (κ3) is 6.00. The zero-order valence-electron chi connectivity index (χ0n) is 26.1. The molecule has 2 amide bonds. The predicted molar refractivity (Wildman–Crippen MR) is 162 cm³/mol. The smallest absolute Gasteiger partial charge is 0.415 e. The molecule has 4 fully saturated rings. The van der Waals surface area contributed by atoms with Crippen molar-refractivity contribution >= 4 is 46.1 Å². The summed E-state index contributed by atoms with van der Waals surface area (Å²) < 4.78 is 33.4. The molecular formula is C30H42ClFN6O5. The van der Waals surface area contributed by atoms with E-state index in [9.17, 15) is 9.59 Å². The van der Waals surface area contributed by atoms with Crippen molar-refractivity contribution < 1.29 is 28.2 Å². The number of halogens is 2. The van der Waals surface area contributed by atoms with Gasteiger partial charge in [0.05, 0.1) is 17.8 Å². The molecular weight excluding hydrogens is 579 g/mol. The normalized spacial score (nSPS) is 24.6. The molecule has 0 aromatic carbocycles. The van der Waals surface area contributed by atoms with Gasteiger partial charge in [-0.25, -0.2) is 23.9 Å². The fourth-order valence-corrected chi connectivity index (χ4v) is 6.59. The van der Waals surface area contributed by atoms with E-state index in [0.717, 1.165) is 19.4 Å². The van der Waals surface area contributed by atoms with Gasteiger partial charge in [0.2, 0.25) is 5.88 Å². The van der Waals surface area contributed by atoms with Gasteiger partial charge in [-0.15, -0.1) is 0 Å². The summed E-state index contributed by atoms with van der Waals surface area (Å²) in [5, 5.41) is -0.188. The summed E-state index contributed by atoms with van der Waals surface area (Å²) >= 11 is 6.09. The molecule has 2 aromatic heterocycles. The quantitative estimate of drug-likeness (QED) is 0.424. The molecule has 43 heavy (non-hydrogen) atoms. The van der Waals surface area contributed by atoms with E-state index < -0.39 is 35.2 Å². The topological polar surface area (TPSA) is 123 Å². The minimum Gasteiger partial charge on any atom is -0.471 e. The molecule has 2 N–H and O–H groups in total. The van der Waals surface area contributed by atoms with E-state index in [1.54, 1.807) is 46.4 Å². The number of aromatic nitrogens is 2. The maximum absolute atomic E-state index is 15.5. The Balaban J connectivity index is 1.63. The molecule has 2 aromatic rings. The minimum atomic E-state index is -0.855. The van der Waals surface area contributed by atoms with Gasteiger partial charge in [0.15, 0.2) is 11.0 Å². The van der Waals surface area contributed by atoms with Crippen molar-refractivity contribution in [3.63, 3.8) is 0 Å². The molecule has 6 rings (SSSR count). The molecule has 236 valence electrons. The second-order valence-corrected chi connectivity index (χ2v) is 14.2. The second-order valence-electron chi connectivity index (χ2n) is 13.9. The summed E-state index contributed by atoms with van der Waals surface area (Å²) in [5.41, 5.74) is 5.33. The number of anilines is 2. The van der Waals surface area contributed by atoms with Crippen LogP contribution in [0, 0.1) is 11.7 Å². The predicted octanol–water partition coefficient (Wildman–Crippen LogP) is 5.62. The Morgan fingerprint density at radius 1 is 1.19 bits per heavy atom. The van der Waals surface area contributed by atoms with Crippen LogP contribution in [0.1, 0.15) is 67.7 Å². The Morgan fingerprint density at radius 3 is 2.47 bits per heavy atom. The third-order valence-corrected chi connectivity index (χ3v) is 8.60. The molecule has 0 spiro atoms. The van der Waals surface area contributed by atoms with Crippen molar-refractivity contribution in [3.8, 4) is 5.88 Å². The number of likely N-dealkylation sites (tertiary alicyclic amines) is 1. The Labute approximate surface area is 256 Å². The molecule has 5 atom stereocenters. The fraction of sp³-hybridized carbons (Fsp3) is 0.667. The zero-order valence-corrected chi connectivity index (χ0v) is 26.9. The minimum absolute atomic E-state index is 0.0132. The monoisotopic (exact) mass is 620 g/mol. The van der Waals surface area contributed by atoms with E-state index >= 15 is 4.39 Å². The number of likely N-dealkylation sites (N-methyl/N-ethyl adjacent to an activating group) is 1. The lowest BCUT2D eigenvalue weighted by atomic mass is 9.78. The van der Waals surface area contributed by atoms with Crippen LogP contribution in [0.3, 0.4) is 0 Å². The number of nitrogens with zero attached hydrogens (tertiary/aromatic N) is 5. The molecule has 13 heteroatoms. The number of amides is 2. The largest absolute Gasteiger partial charge is 0.471 e. The van der Waals surface area contributed by atoms with Crippen LogP contribution in [0.15, 0.2) is 6.20 Å². The van der Waals surface area contributed by atoms with Gasteiger partial charge in [-0.3, -0.25) is 9.80 Å². The lowest BCUT2D eigenvalue weighted by Crippen LogP contribution is -2.59. The van der Waals surface area contributed by atoms with E-state index in [0.29, 0.717) is 13.0 Å². The van der Waals surface area contributed by atoms with E-state index in [1.807, 2.05) is 14.0 Å². The molecule has 11 nitrogen and oxygen atoms in total. The van der Waals surface area contributed by atoms with Gasteiger partial charge >= 0.3 is 12.2 Å². The number of nitrogen functional groups attached to an aromatic ring is 1. The van der Waals surface area contributed by atoms with Gasteiger partial charge in [0.1, 0.15) is 28.5 Å². The summed E-state index contributed by atoms with van der Waals surface area (Å²) in [5.74, 6) is -0.958. The summed E-state index contributed by atoms with van der Waals surface area (Å²) in [6.07, 6.45) is 2.49. The Morgan fingerprint density at radius 2 is 1.86 bits per heavy atom. The molecule has 1 aliphatic carbocycles. The second kappa shape index (κ2) is 11.1. The van der Waals surface area contributed by atoms with Crippen LogP contribution in [-0.2, 0) is 9.47 Å². The summed E-state index contributed by atoms with van der Waals surface area (Å²) in [4.78, 5) is 40.9. The van der Waals surface area contributed by atoms with Crippen LogP contribution in [0.25, 0.3) is 10.9 Å². The Kier molecular flexibility index (Phi) is 8.09. The maximum Gasteiger partial charge on any atom is 0.415 e. The van der Waals surface area contributed by atoms with Crippen molar-refractivity contribution in [1.82, 2.24) is 19.8 Å². The van der Waals surface area contributed by atoms with Crippen molar-refractivity contribution in [2.24, 2.45) is 5.92 Å². The van der Waals surface area contributed by atoms with Crippen LogP contribution in [0.5, 0.6) is 5.88 Å². The molecule has 2 bridgehead atoms. The highest BCUT2D eigenvalue weighted by atomic mass is 35.5. The van der Waals surface area contributed by atoms with Gasteiger partial charge in [0.25, 0.3) is 0 Å². The van der Waals surface area contributed by atoms with E-state index in [-0.39, 0.29) is 57.4 Å². The molecule has 5 heterocycles. The molecule has 0 unspecified atom stereocenters. The standard InChI is InChI=1S/C30H42ClFN6O5/c1-15(18-10-9-11-36(18)8)41-26-21(33)24(17-13-34-25(31)20(32)22(17)35-26)38(28(40)43-30(5,6)7)23-16-12-19(23)37(14-16)27(39)42-29(2,3)4/h13,15-16,18-19,23H,9-12,14,33H2,1-8H3/t15-,16+,18-,19+,23-/m0/s1. The number of hydrogen-bond acceptors (Lipinski definition) is 9. The van der Waals surface area contributed by atoms with E-state index in [1.165, 1.54) is 11.1 Å². The number of nitrogens with two attached hydrogens (primary N) is 1. The first-order valence-corrected chi connectivity index (χ1v) is 15.2. The highest BCUT2D eigenvalue weighted by molar-refractivity contribution is 6.30. The number of carbonyl (C=O) groups is 2. The summed E-state index contributed by atoms with van der Waals surface area (Å²) in [6, 6.07) is -0.770. The fourth-order valence-electron chi connectivity index (χ4n) is 6.45. The van der Waals surface area contributed by atoms with E-state index in [4.69, 9.17) is 31.5 Å². The molecule has 3 aliphatic heterocycles. The van der Waals surface area contributed by atoms with Crippen molar-refractivity contribution in [2.75, 3.05) is 30.8 Å². The highest BCUT2D eigenvalue weighted by Gasteiger charge is 2.59. The van der Waals surface area contributed by atoms with Crippen LogP contribution in [-0.4, -0.2) is 87.5 Å². The first-order chi connectivity index (χ1) is 20.0. The van der Waals surface area contributed by atoms with Gasteiger partial charge in [-0.1, -0.05) is 11.6 Å². The first kappa shape index (κ1) is 31.3.